The fraction of sp³-hybridized carbons (Fsp3) is 0.694. The first-order chi connectivity index (χ1) is 46.4. The van der Waals surface area contributed by atoms with Gasteiger partial charge in [0.1, 0.15) is 23.6 Å². The van der Waals surface area contributed by atoms with Gasteiger partial charge in [0, 0.05) is 81.3 Å². The predicted molar refractivity (Wildman–Crippen MR) is 360 cm³/mol. The topological polar surface area (TPSA) is 186 Å². The van der Waals surface area contributed by atoms with Gasteiger partial charge in [-0.1, -0.05) is 104 Å². The maximum Gasteiger partial charge on any atom is 0.331 e. The number of hydrogen-bond donors (Lipinski definition) is 7. The number of likely N-dealkylation sites (N-methyl/N-ethyl adjacent to an activating group) is 1. The lowest BCUT2D eigenvalue weighted by Gasteiger charge is -2.83. The van der Waals surface area contributed by atoms with Gasteiger partial charge in [-0.15, -0.1) is 5.92 Å². The Morgan fingerprint density at radius 1 is 0.760 bits per heavy atom. The summed E-state index contributed by atoms with van der Waals surface area (Å²) in [6.45, 7) is 1.83. The summed E-state index contributed by atoms with van der Waals surface area (Å²) in [5.41, 5.74) is -7.17. The molecule has 0 radical (unpaired) electrons. The molecule has 13 fully saturated rings. The van der Waals surface area contributed by atoms with E-state index in [1.165, 1.54) is 23.0 Å². The predicted octanol–water partition coefficient (Wildman–Crippen LogP) is 11.1. The number of hydrogen-bond acceptors (Lipinski definition) is 11. The fourth-order valence-corrected chi connectivity index (χ4v) is 31.7. The first-order valence-corrected chi connectivity index (χ1v) is 38.5. The van der Waals surface area contributed by atoms with Gasteiger partial charge in [0.05, 0.1) is 42.0 Å². The molecule has 96 heavy (non-hydrogen) atoms. The minimum Gasteiger partial charge on any atom is -0.454 e. The van der Waals surface area contributed by atoms with E-state index in [-0.39, 0.29) is 84.7 Å². The third-order valence-electron chi connectivity index (χ3n) is 34.7. The molecule has 0 unspecified atom stereocenters. The minimum atomic E-state index is -2.50. The van der Waals surface area contributed by atoms with Crippen molar-refractivity contribution in [1.82, 2.24) is 5.32 Å². The molecule has 0 aromatic heterocycles. The highest BCUT2D eigenvalue weighted by Gasteiger charge is 2.95. The molecule has 22 rings (SSSR count). The number of aldehydes is 1. The Morgan fingerprint density at radius 2 is 1.56 bits per heavy atom. The number of carbonyl (C=O) groups excluding carboxylic acids is 2. The quantitative estimate of drug-likeness (QED) is 0.0732. The molecule has 2 saturated heterocycles. The van der Waals surface area contributed by atoms with E-state index in [0.717, 1.165) is 107 Å². The van der Waals surface area contributed by atoms with Crippen molar-refractivity contribution in [3.63, 3.8) is 0 Å². The zero-order valence-corrected chi connectivity index (χ0v) is 56.6. The van der Waals surface area contributed by atoms with Gasteiger partial charge in [0.15, 0.2) is 0 Å². The Kier molecular flexibility index (Phi) is 13.0. The van der Waals surface area contributed by atoms with Crippen LogP contribution in [0.5, 0.6) is 0 Å². The van der Waals surface area contributed by atoms with Gasteiger partial charge in [-0.05, 0) is 252 Å². The first-order valence-electron chi connectivity index (χ1n) is 38.5. The number of nitrogens with one attached hydrogen (secondary N) is 1. The molecule has 3 aromatic carbocycles. The Bertz CT molecular complexity index is 3950. The molecule has 6 spiro atoms. The molecule has 11 saturated carbocycles. The zero-order valence-electron chi connectivity index (χ0n) is 56.6. The summed E-state index contributed by atoms with van der Waals surface area (Å²) in [7, 11) is 1.94. The average Bonchev–Trinajstić information content (AvgIpc) is 1.22. The fourth-order valence-electron chi connectivity index (χ4n) is 31.7. The van der Waals surface area contributed by atoms with E-state index in [0.29, 0.717) is 75.2 Å². The monoisotopic (exact) mass is 1300 g/mol. The molecule has 15 aliphatic carbocycles. The van der Waals surface area contributed by atoms with Gasteiger partial charge >= 0.3 is 5.97 Å². The molecule has 506 valence electrons. The number of fused-ring (bicyclic) bond motifs is 3. The highest BCUT2D eigenvalue weighted by molar-refractivity contribution is 5.87. The summed E-state index contributed by atoms with van der Waals surface area (Å²) < 4.78 is 15.4. The number of aliphatic hydroxyl groups excluding tert-OH is 3. The van der Waals surface area contributed by atoms with Gasteiger partial charge in [-0.25, -0.2) is 4.79 Å². The number of carbonyl (C=O) groups is 2. The SMILES string of the molecule is CN[C@H]1Cc2c(cccc2CO)C#CC2(CCCC2)C[C@]23C[C@H]4C#CC[C@@H]5[C@@H](c6ccccc6)CC[C@]67CC[C@@H]8[C@H](C[C@@H]56)[C@]75C[C@]6(C=O)[C@@H]4[C@@](O)([C@H](O)[C@@H]4C[C@H]7CC[C@]9(CC[C@@]8(Cc8cccc(c8)C[C@H]8CC[C@H](C8)[C@@H]7C)O[C@H]95)[C@@]46O)[C@@]2(O)C[C@H]2C[C@@H]1[C@@H]1OC(=O)C=C1[C@@]23CO. The summed E-state index contributed by atoms with van der Waals surface area (Å²) in [6, 6.07) is 26.4. The molecule has 19 bridgehead atoms. The number of rotatable bonds is 5. The van der Waals surface area contributed by atoms with Crippen LogP contribution in [0.2, 0.25) is 0 Å². The van der Waals surface area contributed by atoms with E-state index in [1.807, 2.05) is 19.2 Å². The Balaban J connectivity index is 0.884. The van der Waals surface area contributed by atoms with Crippen LogP contribution in [0.3, 0.4) is 0 Å². The number of ether oxygens (including phenoxy) is 2. The van der Waals surface area contributed by atoms with Crippen molar-refractivity contribution in [2.24, 2.45) is 115 Å². The first kappa shape index (κ1) is 61.2. The maximum atomic E-state index is 16.9. The Morgan fingerprint density at radius 3 is 2.38 bits per heavy atom. The van der Waals surface area contributed by atoms with Gasteiger partial charge < -0.3 is 50.2 Å². The van der Waals surface area contributed by atoms with E-state index in [4.69, 9.17) is 9.47 Å². The van der Waals surface area contributed by atoms with Crippen molar-refractivity contribution in [3.05, 3.63) is 118 Å². The summed E-state index contributed by atoms with van der Waals surface area (Å²) in [4.78, 5) is 31.7. The molecule has 11 heteroatoms. The van der Waals surface area contributed by atoms with Gasteiger partial charge in [-0.3, -0.25) is 0 Å². The van der Waals surface area contributed by atoms with Crippen LogP contribution in [0.15, 0.2) is 84.4 Å². The molecule has 4 heterocycles. The van der Waals surface area contributed by atoms with E-state index in [9.17, 15) is 15.0 Å². The molecule has 19 aliphatic rings. The Hall–Kier alpha value is -4.66. The third kappa shape index (κ3) is 6.97. The lowest BCUT2D eigenvalue weighted by Crippen LogP contribution is -2.92. The third-order valence-corrected chi connectivity index (χ3v) is 34.7. The summed E-state index contributed by atoms with van der Waals surface area (Å²) in [5.74, 6) is 13.5. The van der Waals surface area contributed by atoms with Crippen LogP contribution < -0.4 is 5.32 Å². The van der Waals surface area contributed by atoms with Crippen molar-refractivity contribution in [2.45, 2.75) is 233 Å². The van der Waals surface area contributed by atoms with E-state index in [1.54, 1.807) is 6.08 Å². The normalized spacial score (nSPS) is 52.3. The van der Waals surface area contributed by atoms with Crippen molar-refractivity contribution in [3.8, 4) is 23.7 Å². The maximum absolute atomic E-state index is 16.9. The van der Waals surface area contributed by atoms with Crippen molar-refractivity contribution in [1.29, 1.82) is 0 Å². The molecule has 28 atom stereocenters. The van der Waals surface area contributed by atoms with Gasteiger partial charge in [0.25, 0.3) is 0 Å². The number of aliphatic hydroxyl groups is 6. The zero-order chi connectivity index (χ0) is 65.2. The van der Waals surface area contributed by atoms with Crippen LogP contribution in [-0.4, -0.2) is 103 Å². The lowest BCUT2D eigenvalue weighted by atomic mass is 9.24. The highest BCUT2D eigenvalue weighted by atomic mass is 16.5. The molecular formula is C85H101NO10. The second-order valence-corrected chi connectivity index (χ2v) is 36.5. The molecule has 3 aromatic rings. The van der Waals surface area contributed by atoms with E-state index >= 15 is 25.2 Å². The average molecular weight is 1300 g/mol. The Labute approximate surface area is 567 Å². The summed E-state index contributed by atoms with van der Waals surface area (Å²) in [6.07, 6.45) is 18.6. The molecular weight excluding hydrogens is 1190 g/mol. The standard InChI is InChI=1S/C85H101NO10/c1-49-55-20-19-51(35-55)33-50-11-8-12-52(34-50)41-79-32-31-77-28-22-56(49)36-68-73(91)84(93)72-57(16-10-18-61-60(53-13-4-3-5-14-53)23-29-76-30-24-64(79)66(39-65(61)76)81(76,74(77)96-79)46-78(72,47-88)85(68,77)94)42-80-45-75(25-6-7-26-75)27-21-54-15-9-17-58(44-87)62(54)38-69(86-2)63-37-59(43-83(80,84)92)82(80,48-89)67-40-70(90)95-71(63)67/h3-5,8-9,11-15,17,34,40,47,49,51,55-57,59-61,63-66,68-69,71-74,86-87,89,91-94H,6-7,18-20,22-26,28-33,35-39,41-46,48H2,1-2H3/t49-,51+,55+,56+,57+,59+,60+,61+,63-,64+,65-,66-,68-,69-,71-,72+,73+,74+,76-,77+,78-,79-,80-,81-,82+,83+,84+,85-/m0/s1. The molecule has 0 amide bonds. The van der Waals surface area contributed by atoms with Gasteiger partial charge in [0.2, 0.25) is 0 Å². The van der Waals surface area contributed by atoms with Crippen LogP contribution in [0, 0.1) is 139 Å². The lowest BCUT2D eigenvalue weighted by molar-refractivity contribution is -0.451. The van der Waals surface area contributed by atoms with Crippen LogP contribution in [-0.2, 0) is 44.9 Å². The van der Waals surface area contributed by atoms with Crippen LogP contribution >= 0.6 is 0 Å². The van der Waals surface area contributed by atoms with Crippen LogP contribution in [0.1, 0.15) is 194 Å². The van der Waals surface area contributed by atoms with Gasteiger partial charge in [-0.2, -0.15) is 0 Å². The molecule has 11 nitrogen and oxygen atoms in total. The second kappa shape index (κ2) is 20.3. The van der Waals surface area contributed by atoms with Crippen LogP contribution in [0.25, 0.3) is 0 Å². The van der Waals surface area contributed by atoms with Crippen molar-refractivity contribution >= 4 is 12.3 Å². The molecule has 7 N–H and O–H groups in total. The van der Waals surface area contributed by atoms with E-state index in [2.05, 4.69) is 96.6 Å². The highest BCUT2D eigenvalue weighted by Crippen LogP contribution is 2.91. The molecule has 4 aliphatic heterocycles. The summed E-state index contributed by atoms with van der Waals surface area (Å²) in [5, 5.41) is 92.4. The van der Waals surface area contributed by atoms with Crippen molar-refractivity contribution < 1.29 is 49.7 Å². The minimum absolute atomic E-state index is 0.0167. The largest absolute Gasteiger partial charge is 0.454 e. The van der Waals surface area contributed by atoms with Crippen LogP contribution in [0.4, 0.5) is 0 Å². The second-order valence-electron chi connectivity index (χ2n) is 36.5. The number of esters is 1. The number of benzene rings is 3. The summed E-state index contributed by atoms with van der Waals surface area (Å²) >= 11 is 0. The van der Waals surface area contributed by atoms with Crippen molar-refractivity contribution in [2.75, 3.05) is 13.7 Å². The smallest absolute Gasteiger partial charge is 0.331 e. The van der Waals surface area contributed by atoms with E-state index < -0.39 is 109 Å².